The predicted molar refractivity (Wildman–Crippen MR) is 69.1 cm³/mol. The number of nitrogens with one attached hydrogen (secondary N) is 1. The molecule has 0 aliphatic carbocycles. The molecule has 1 heterocycles. The number of carbonyl (C=O) groups is 1. The van der Waals surface area contributed by atoms with Gasteiger partial charge in [0.05, 0.1) is 5.52 Å². The molecule has 0 saturated heterocycles. The van der Waals surface area contributed by atoms with Gasteiger partial charge in [-0.2, -0.15) is 13.2 Å². The van der Waals surface area contributed by atoms with Gasteiger partial charge in [0.1, 0.15) is 12.1 Å². The maximum absolute atomic E-state index is 11.9. The molecule has 0 fully saturated rings. The van der Waals surface area contributed by atoms with E-state index >= 15 is 0 Å². The first-order valence-corrected chi connectivity index (χ1v) is 6.70. The molecule has 1 aromatic carbocycles. The number of rotatable bonds is 5. The summed E-state index contributed by atoms with van der Waals surface area (Å²) in [6.45, 7) is -0.118. The minimum atomic E-state index is -4.27. The van der Waals surface area contributed by atoms with Crippen molar-refractivity contribution in [3.8, 4) is 0 Å². The Bertz CT molecular complexity index is 599. The third-order valence-corrected chi connectivity index (χ3v) is 3.14. The van der Waals surface area contributed by atoms with Crippen molar-refractivity contribution in [2.75, 3.05) is 12.3 Å². The van der Waals surface area contributed by atoms with Crippen molar-refractivity contribution < 1.29 is 18.0 Å². The monoisotopic (exact) mass is 304 g/mol. The van der Waals surface area contributed by atoms with Gasteiger partial charge in [-0.1, -0.05) is 17.3 Å². The Morgan fingerprint density at radius 2 is 2.10 bits per heavy atom. The summed E-state index contributed by atoms with van der Waals surface area (Å²) in [6.07, 6.45) is 0. The van der Waals surface area contributed by atoms with E-state index in [0.29, 0.717) is 11.0 Å². The largest absolute Gasteiger partial charge is 0.441 e. The van der Waals surface area contributed by atoms with Crippen molar-refractivity contribution in [1.29, 1.82) is 0 Å². The van der Waals surface area contributed by atoms with Crippen molar-refractivity contribution in [1.82, 2.24) is 20.3 Å². The highest BCUT2D eigenvalue weighted by atomic mass is 32.2. The molecule has 0 unspecified atom stereocenters. The molecule has 5 nitrogen and oxygen atoms in total. The number of carbonyl (C=O) groups excluding carboxylic acids is 1. The zero-order valence-corrected chi connectivity index (χ0v) is 11.0. The smallest absolute Gasteiger partial charge is 0.354 e. The summed E-state index contributed by atoms with van der Waals surface area (Å²) in [5.74, 6) is -0.615. The average molecular weight is 304 g/mol. The van der Waals surface area contributed by atoms with Gasteiger partial charge in [0.15, 0.2) is 0 Å². The van der Waals surface area contributed by atoms with Crippen LogP contribution >= 0.6 is 11.8 Å². The zero-order valence-electron chi connectivity index (χ0n) is 10.2. The number of benzene rings is 1. The van der Waals surface area contributed by atoms with Crippen molar-refractivity contribution in [3.05, 3.63) is 24.3 Å². The van der Waals surface area contributed by atoms with E-state index in [4.69, 9.17) is 0 Å². The Balaban J connectivity index is 1.83. The second-order valence-electron chi connectivity index (χ2n) is 3.88. The molecule has 1 amide bonds. The van der Waals surface area contributed by atoms with Crippen LogP contribution in [0.5, 0.6) is 0 Å². The number of hydrogen-bond acceptors (Lipinski definition) is 4. The second-order valence-corrected chi connectivity index (χ2v) is 5.04. The topological polar surface area (TPSA) is 59.8 Å². The van der Waals surface area contributed by atoms with E-state index in [0.717, 1.165) is 0 Å². The van der Waals surface area contributed by atoms with Gasteiger partial charge in [-0.05, 0) is 23.9 Å². The average Bonchev–Trinajstić information content (AvgIpc) is 2.77. The van der Waals surface area contributed by atoms with E-state index in [1.807, 2.05) is 0 Å². The molecule has 0 radical (unpaired) electrons. The van der Waals surface area contributed by atoms with E-state index < -0.39 is 11.4 Å². The lowest BCUT2D eigenvalue weighted by Gasteiger charge is -2.07. The fraction of sp³-hybridized carbons (Fsp3) is 0.364. The van der Waals surface area contributed by atoms with Crippen LogP contribution in [-0.2, 0) is 11.3 Å². The summed E-state index contributed by atoms with van der Waals surface area (Å²) in [6, 6.07) is 7.12. The number of hydrogen-bond donors (Lipinski definition) is 1. The van der Waals surface area contributed by atoms with Crippen LogP contribution < -0.4 is 5.32 Å². The summed E-state index contributed by atoms with van der Waals surface area (Å²) in [4.78, 5) is 11.6. The summed E-state index contributed by atoms with van der Waals surface area (Å²) < 4.78 is 37.1. The molecule has 20 heavy (non-hydrogen) atoms. The Hall–Kier alpha value is -1.77. The van der Waals surface area contributed by atoms with Gasteiger partial charge in [0.2, 0.25) is 5.91 Å². The summed E-state index contributed by atoms with van der Waals surface area (Å²) in [5, 5.41) is 10.1. The highest BCUT2D eigenvalue weighted by molar-refractivity contribution is 8.00. The number of alkyl halides is 3. The van der Waals surface area contributed by atoms with Crippen LogP contribution in [0.1, 0.15) is 0 Å². The van der Waals surface area contributed by atoms with Crippen LogP contribution in [0, 0.1) is 0 Å². The number of thioether (sulfide) groups is 1. The maximum Gasteiger partial charge on any atom is 0.441 e. The SMILES string of the molecule is O=C(Cn1nnc2ccccc21)NCCSC(F)(F)F. The van der Waals surface area contributed by atoms with Crippen LogP contribution in [-0.4, -0.2) is 38.7 Å². The number of nitrogens with zero attached hydrogens (tertiary/aromatic N) is 3. The molecule has 1 N–H and O–H groups in total. The lowest BCUT2D eigenvalue weighted by molar-refractivity contribution is -0.121. The third kappa shape index (κ3) is 4.12. The molecule has 0 atom stereocenters. The number of para-hydroxylation sites is 1. The third-order valence-electron chi connectivity index (χ3n) is 2.40. The van der Waals surface area contributed by atoms with Gasteiger partial charge in [-0.25, -0.2) is 4.68 Å². The quantitative estimate of drug-likeness (QED) is 0.856. The summed E-state index contributed by atoms with van der Waals surface area (Å²) >= 11 is -0.163. The van der Waals surface area contributed by atoms with Crippen molar-refractivity contribution in [2.45, 2.75) is 12.1 Å². The molecular formula is C11H11F3N4OS. The first kappa shape index (κ1) is 14.6. The van der Waals surface area contributed by atoms with Crippen molar-refractivity contribution in [2.24, 2.45) is 0 Å². The van der Waals surface area contributed by atoms with Crippen LogP contribution in [0.3, 0.4) is 0 Å². The summed E-state index contributed by atoms with van der Waals surface area (Å²) in [7, 11) is 0. The van der Waals surface area contributed by atoms with Gasteiger partial charge in [-0.15, -0.1) is 5.10 Å². The van der Waals surface area contributed by atoms with Crippen LogP contribution in [0.4, 0.5) is 13.2 Å². The van der Waals surface area contributed by atoms with Crippen LogP contribution in [0.2, 0.25) is 0 Å². The van der Waals surface area contributed by atoms with Gasteiger partial charge in [0, 0.05) is 12.3 Å². The molecule has 0 spiro atoms. The Morgan fingerprint density at radius 1 is 1.35 bits per heavy atom. The van der Waals surface area contributed by atoms with Crippen molar-refractivity contribution >= 4 is 28.7 Å². The van der Waals surface area contributed by atoms with E-state index in [2.05, 4.69) is 15.6 Å². The van der Waals surface area contributed by atoms with E-state index in [1.54, 1.807) is 24.3 Å². The molecule has 0 saturated carbocycles. The molecule has 0 aliphatic rings. The molecule has 2 aromatic rings. The van der Waals surface area contributed by atoms with Crippen LogP contribution in [0.25, 0.3) is 11.0 Å². The normalized spacial score (nSPS) is 11.8. The highest BCUT2D eigenvalue weighted by Crippen LogP contribution is 2.29. The Labute approximate surface area is 116 Å². The minimum absolute atomic E-state index is 0.0460. The fourth-order valence-corrected chi connectivity index (χ4v) is 2.02. The standard InChI is InChI=1S/C11H11F3N4OS/c12-11(13,14)20-6-5-15-10(19)7-18-9-4-2-1-3-8(9)16-17-18/h1-4H,5-7H2,(H,15,19). The van der Waals surface area contributed by atoms with E-state index in [9.17, 15) is 18.0 Å². The van der Waals surface area contributed by atoms with Crippen molar-refractivity contribution in [3.63, 3.8) is 0 Å². The Kier molecular flexibility index (Phi) is 4.48. The predicted octanol–water partition coefficient (Wildman–Crippen LogP) is 1.80. The zero-order chi connectivity index (χ0) is 14.6. The lowest BCUT2D eigenvalue weighted by atomic mass is 10.3. The first-order valence-electron chi connectivity index (χ1n) is 5.71. The van der Waals surface area contributed by atoms with E-state index in [1.165, 1.54) is 4.68 Å². The first-order chi connectivity index (χ1) is 9.46. The highest BCUT2D eigenvalue weighted by Gasteiger charge is 2.27. The summed E-state index contributed by atoms with van der Waals surface area (Å²) in [5.41, 5.74) is -2.91. The maximum atomic E-state index is 11.9. The van der Waals surface area contributed by atoms with Gasteiger partial charge < -0.3 is 5.32 Å². The molecular weight excluding hydrogens is 293 g/mol. The molecule has 1 aromatic heterocycles. The lowest BCUT2D eigenvalue weighted by Crippen LogP contribution is -2.30. The number of fused-ring (bicyclic) bond motifs is 1. The Morgan fingerprint density at radius 3 is 2.85 bits per heavy atom. The minimum Gasteiger partial charge on any atom is -0.354 e. The fourth-order valence-electron chi connectivity index (χ4n) is 1.58. The van der Waals surface area contributed by atoms with Gasteiger partial charge in [-0.3, -0.25) is 4.79 Å². The molecule has 0 bridgehead atoms. The number of aromatic nitrogens is 3. The number of halogens is 3. The van der Waals surface area contributed by atoms with Crippen LogP contribution in [0.15, 0.2) is 24.3 Å². The molecule has 9 heteroatoms. The van der Waals surface area contributed by atoms with Gasteiger partial charge >= 0.3 is 5.51 Å². The second kappa shape index (κ2) is 6.12. The molecule has 0 aliphatic heterocycles. The van der Waals surface area contributed by atoms with Gasteiger partial charge in [0.25, 0.3) is 0 Å². The number of amides is 1. The molecule has 2 rings (SSSR count). The van der Waals surface area contributed by atoms with E-state index in [-0.39, 0.29) is 30.6 Å². The molecule has 108 valence electrons.